The van der Waals surface area contributed by atoms with E-state index in [0.29, 0.717) is 11.6 Å². The minimum Gasteiger partial charge on any atom is -0.458 e. The molecule has 1 heterocycles. The second-order valence-electron chi connectivity index (χ2n) is 7.47. The molecule has 2 aromatic carbocycles. The summed E-state index contributed by atoms with van der Waals surface area (Å²) in [7, 11) is 0. The molecular weight excluding hydrogens is 436 g/mol. The topological polar surface area (TPSA) is 99.4 Å². The Balaban J connectivity index is 1.92. The van der Waals surface area contributed by atoms with Gasteiger partial charge in [0.05, 0.1) is 6.61 Å². The van der Waals surface area contributed by atoms with Crippen LogP contribution in [0.3, 0.4) is 0 Å². The van der Waals surface area contributed by atoms with E-state index in [-0.39, 0.29) is 11.1 Å². The Kier molecular flexibility index (Phi) is 7.21. The summed E-state index contributed by atoms with van der Waals surface area (Å²) in [6.45, 7) is 0.0199. The highest BCUT2D eigenvalue weighted by atomic mass is 19.3. The summed E-state index contributed by atoms with van der Waals surface area (Å²) in [6.07, 6.45) is -5.64. The van der Waals surface area contributed by atoms with Crippen molar-refractivity contribution in [1.82, 2.24) is 0 Å². The van der Waals surface area contributed by atoms with Crippen LogP contribution in [0.1, 0.15) is 23.6 Å². The maximum atomic E-state index is 14.5. The monoisotopic (exact) mass is 458 g/mol. The van der Waals surface area contributed by atoms with Crippen molar-refractivity contribution in [2.24, 2.45) is 0 Å². The summed E-state index contributed by atoms with van der Waals surface area (Å²) < 4.78 is 65.9. The lowest BCUT2D eigenvalue weighted by Crippen LogP contribution is -2.60. The van der Waals surface area contributed by atoms with Crippen LogP contribution in [0.15, 0.2) is 36.4 Å². The second-order valence-corrected chi connectivity index (χ2v) is 7.47. The zero-order valence-electron chi connectivity index (χ0n) is 16.8. The molecule has 6 nitrogen and oxygen atoms in total. The molecular formula is C22H22F4O6. The fourth-order valence-corrected chi connectivity index (χ4v) is 3.21. The van der Waals surface area contributed by atoms with Gasteiger partial charge >= 0.3 is 0 Å². The fraction of sp³-hybridized carbons (Fsp3) is 0.364. The maximum Gasteiger partial charge on any atom is 0.270 e. The van der Waals surface area contributed by atoms with Crippen LogP contribution in [0.25, 0.3) is 12.2 Å². The van der Waals surface area contributed by atoms with Gasteiger partial charge in [-0.1, -0.05) is 30.4 Å². The molecule has 1 aliphatic rings. The van der Waals surface area contributed by atoms with E-state index in [0.717, 1.165) is 13.0 Å². The van der Waals surface area contributed by atoms with Crippen molar-refractivity contribution in [2.45, 2.75) is 43.6 Å². The molecule has 10 heteroatoms. The Labute approximate surface area is 181 Å². The molecule has 1 aliphatic heterocycles. The number of ether oxygens (including phenoxy) is 2. The van der Waals surface area contributed by atoms with Crippen molar-refractivity contribution in [3.63, 3.8) is 0 Å². The molecule has 5 atom stereocenters. The molecule has 0 radical (unpaired) electrons. The highest BCUT2D eigenvalue weighted by Gasteiger charge is 2.45. The third-order valence-corrected chi connectivity index (χ3v) is 4.97. The minimum absolute atomic E-state index is 0.145. The van der Waals surface area contributed by atoms with Gasteiger partial charge in [-0.2, -0.15) is 0 Å². The largest absolute Gasteiger partial charge is 0.458 e. The normalized spacial score (nSPS) is 26.5. The Morgan fingerprint density at radius 2 is 1.75 bits per heavy atom. The van der Waals surface area contributed by atoms with E-state index >= 15 is 0 Å². The average molecular weight is 458 g/mol. The first-order valence-corrected chi connectivity index (χ1v) is 9.64. The van der Waals surface area contributed by atoms with Crippen LogP contribution in [0.4, 0.5) is 17.6 Å². The number of rotatable bonds is 6. The summed E-state index contributed by atoms with van der Waals surface area (Å²) in [6, 6.07) is 6.81. The minimum atomic E-state index is -3.08. The van der Waals surface area contributed by atoms with Crippen LogP contribution in [0, 0.1) is 11.6 Å². The molecule has 0 amide bonds. The molecule has 0 bridgehead atoms. The van der Waals surface area contributed by atoms with Crippen molar-refractivity contribution >= 4 is 12.2 Å². The highest BCUT2D eigenvalue weighted by molar-refractivity contribution is 5.73. The van der Waals surface area contributed by atoms with Gasteiger partial charge in [-0.05, 0) is 17.7 Å². The number of aliphatic hydroxyl groups is 4. The van der Waals surface area contributed by atoms with Crippen LogP contribution in [0.5, 0.6) is 5.75 Å². The van der Waals surface area contributed by atoms with Gasteiger partial charge in [0.2, 0.25) is 6.29 Å². The van der Waals surface area contributed by atoms with Crippen LogP contribution in [0.2, 0.25) is 0 Å². The first kappa shape index (κ1) is 24.1. The molecule has 1 unspecified atom stereocenters. The molecule has 32 heavy (non-hydrogen) atoms. The van der Waals surface area contributed by atoms with Crippen molar-refractivity contribution in [3.8, 4) is 5.75 Å². The lowest BCUT2D eigenvalue weighted by Gasteiger charge is -2.39. The van der Waals surface area contributed by atoms with Crippen molar-refractivity contribution in [1.29, 1.82) is 0 Å². The Morgan fingerprint density at radius 3 is 2.41 bits per heavy atom. The van der Waals surface area contributed by atoms with E-state index in [1.54, 1.807) is 0 Å². The quantitative estimate of drug-likeness (QED) is 0.392. The van der Waals surface area contributed by atoms with Crippen LogP contribution >= 0.6 is 0 Å². The Morgan fingerprint density at radius 1 is 1.03 bits per heavy atom. The predicted octanol–water partition coefficient (Wildman–Crippen LogP) is 2.43. The fourth-order valence-electron chi connectivity index (χ4n) is 3.21. The van der Waals surface area contributed by atoms with Gasteiger partial charge in [0.25, 0.3) is 5.92 Å². The molecule has 174 valence electrons. The molecule has 2 aromatic rings. The zero-order chi connectivity index (χ0) is 23.6. The molecule has 0 saturated carbocycles. The summed E-state index contributed by atoms with van der Waals surface area (Å²) in [5.74, 6) is -5.73. The van der Waals surface area contributed by atoms with Gasteiger partial charge in [0.1, 0.15) is 30.2 Å². The Hall–Kier alpha value is -2.50. The van der Waals surface area contributed by atoms with Gasteiger partial charge in [0.15, 0.2) is 11.6 Å². The number of hydrogen-bond donors (Lipinski definition) is 4. The van der Waals surface area contributed by atoms with E-state index in [4.69, 9.17) is 9.47 Å². The van der Waals surface area contributed by atoms with E-state index in [9.17, 15) is 38.0 Å². The van der Waals surface area contributed by atoms with Crippen molar-refractivity contribution in [3.05, 3.63) is 64.7 Å². The Bertz CT molecular complexity index is 975. The molecule has 3 rings (SSSR count). The van der Waals surface area contributed by atoms with E-state index < -0.39 is 60.6 Å². The molecule has 0 aromatic heterocycles. The molecule has 4 N–H and O–H groups in total. The lowest BCUT2D eigenvalue weighted by molar-refractivity contribution is -0.277. The van der Waals surface area contributed by atoms with Gasteiger partial charge in [-0.3, -0.25) is 0 Å². The SMILES string of the molecule is CC(F)(F)c1cccc(/C=C/c2cc(F)cc(F)c2OC2O[C@H](CO)[C@@H](O)[C@H](O)[C@H]2O)c1. The third-order valence-electron chi connectivity index (χ3n) is 4.97. The predicted molar refractivity (Wildman–Crippen MR) is 106 cm³/mol. The smallest absolute Gasteiger partial charge is 0.270 e. The summed E-state index contributed by atoms with van der Waals surface area (Å²) in [4.78, 5) is 0. The summed E-state index contributed by atoms with van der Waals surface area (Å²) >= 11 is 0. The second kappa shape index (κ2) is 9.55. The molecule has 1 fully saturated rings. The van der Waals surface area contributed by atoms with Gasteiger partial charge in [-0.15, -0.1) is 0 Å². The van der Waals surface area contributed by atoms with E-state index in [2.05, 4.69) is 0 Å². The summed E-state index contributed by atoms with van der Waals surface area (Å²) in [5.41, 5.74) is -0.0662. The highest BCUT2D eigenvalue weighted by Crippen LogP contribution is 2.32. The summed E-state index contributed by atoms with van der Waals surface area (Å²) in [5, 5.41) is 39.1. The number of hydrogen-bond acceptors (Lipinski definition) is 6. The van der Waals surface area contributed by atoms with Crippen LogP contribution < -0.4 is 4.74 Å². The molecule has 1 saturated heterocycles. The van der Waals surface area contributed by atoms with Crippen LogP contribution in [-0.4, -0.2) is 57.7 Å². The zero-order valence-corrected chi connectivity index (χ0v) is 16.8. The first-order valence-electron chi connectivity index (χ1n) is 9.64. The molecule has 0 aliphatic carbocycles. The average Bonchev–Trinajstić information content (AvgIpc) is 2.73. The number of aliphatic hydroxyl groups excluding tert-OH is 4. The van der Waals surface area contributed by atoms with Crippen LogP contribution in [-0.2, 0) is 10.7 Å². The van der Waals surface area contributed by atoms with Crippen molar-refractivity contribution < 1.29 is 47.5 Å². The van der Waals surface area contributed by atoms with Gasteiger partial charge in [0, 0.05) is 24.1 Å². The lowest BCUT2D eigenvalue weighted by atomic mass is 9.99. The number of alkyl halides is 2. The van der Waals surface area contributed by atoms with Gasteiger partial charge < -0.3 is 29.9 Å². The first-order chi connectivity index (χ1) is 15.0. The maximum absolute atomic E-state index is 14.5. The number of benzene rings is 2. The van der Waals surface area contributed by atoms with Gasteiger partial charge in [-0.25, -0.2) is 17.6 Å². The molecule has 0 spiro atoms. The van der Waals surface area contributed by atoms with E-state index in [1.807, 2.05) is 0 Å². The van der Waals surface area contributed by atoms with Crippen molar-refractivity contribution in [2.75, 3.05) is 6.61 Å². The van der Waals surface area contributed by atoms with E-state index in [1.165, 1.54) is 36.4 Å². The standard InChI is InChI=1S/C22H22F4O6/c1-22(25,26)13-4-2-3-11(7-13)5-6-12-8-14(23)9-15(24)20(12)32-21-19(30)18(29)17(28)16(10-27)31-21/h2-9,16-19,21,27-30H,10H2,1H3/b6-5+/t16-,17-,18+,19-,21?/m1/s1. The number of halogens is 4. The third kappa shape index (κ3) is 5.28.